The smallest absolute Gasteiger partial charge is 0.243 e. The summed E-state index contributed by atoms with van der Waals surface area (Å²) in [6.07, 6.45) is 0.662. The average Bonchev–Trinajstić information content (AvgIpc) is 3.40. The van der Waals surface area contributed by atoms with Crippen LogP contribution in [0.2, 0.25) is 0 Å². The van der Waals surface area contributed by atoms with Crippen LogP contribution in [0.1, 0.15) is 16.3 Å². The minimum Gasteiger partial charge on any atom is -0.493 e. The number of fused-ring (bicyclic) bond motifs is 2. The van der Waals surface area contributed by atoms with Gasteiger partial charge in [-0.1, -0.05) is 0 Å². The number of hydrogen-bond acceptors (Lipinski definition) is 7. The predicted octanol–water partition coefficient (Wildman–Crippen LogP) is 1.66. The summed E-state index contributed by atoms with van der Waals surface area (Å²) in [4.78, 5) is 7.22. The van der Waals surface area contributed by atoms with Crippen molar-refractivity contribution in [1.82, 2.24) is 14.2 Å². The lowest BCUT2D eigenvalue weighted by molar-refractivity contribution is -0.0505. The fraction of sp³-hybridized carbons (Fsp3) is 0.526. The summed E-state index contributed by atoms with van der Waals surface area (Å²) in [7, 11) is -3.55. The van der Waals surface area contributed by atoms with Crippen molar-refractivity contribution in [2.45, 2.75) is 36.9 Å². The summed E-state index contributed by atoms with van der Waals surface area (Å²) in [5.41, 5.74) is 2.01. The molecular weight excluding hydrogens is 398 g/mol. The standard InChI is InChI=1S/C19H23N3O4S2/c1-13-20-15(12-27-13)9-21-5-7-26-19-11-22(10-17(19)21)28(23,24)16-2-3-18-14(8-16)4-6-25-18/h2-3,8,12,17,19H,4-7,9-11H2,1H3/t17-,19-/m0/s1. The van der Waals surface area contributed by atoms with Gasteiger partial charge in [-0.15, -0.1) is 11.3 Å². The van der Waals surface area contributed by atoms with Gasteiger partial charge in [0.25, 0.3) is 0 Å². The van der Waals surface area contributed by atoms with Crippen molar-refractivity contribution >= 4 is 21.4 Å². The molecule has 9 heteroatoms. The number of benzene rings is 1. The van der Waals surface area contributed by atoms with Crippen LogP contribution in [0.4, 0.5) is 0 Å². The van der Waals surface area contributed by atoms with E-state index in [0.29, 0.717) is 31.2 Å². The molecule has 1 aromatic carbocycles. The minimum atomic E-state index is -3.55. The van der Waals surface area contributed by atoms with Gasteiger partial charge < -0.3 is 9.47 Å². The third-order valence-electron chi connectivity index (χ3n) is 5.71. The first-order chi connectivity index (χ1) is 13.5. The van der Waals surface area contributed by atoms with Gasteiger partial charge in [-0.25, -0.2) is 13.4 Å². The van der Waals surface area contributed by atoms with E-state index in [-0.39, 0.29) is 12.1 Å². The van der Waals surface area contributed by atoms with Crippen LogP contribution in [0.5, 0.6) is 5.75 Å². The van der Waals surface area contributed by atoms with Crippen molar-refractivity contribution in [3.8, 4) is 5.75 Å². The molecule has 2 atom stereocenters. The van der Waals surface area contributed by atoms with Gasteiger partial charge in [0, 0.05) is 38.0 Å². The molecule has 2 saturated heterocycles. The summed E-state index contributed by atoms with van der Waals surface area (Å²) in [5, 5.41) is 3.13. The highest BCUT2D eigenvalue weighted by atomic mass is 32.2. The third kappa shape index (κ3) is 3.25. The van der Waals surface area contributed by atoms with E-state index in [1.54, 1.807) is 33.8 Å². The van der Waals surface area contributed by atoms with Gasteiger partial charge in [-0.3, -0.25) is 4.90 Å². The maximum absolute atomic E-state index is 13.2. The van der Waals surface area contributed by atoms with Crippen LogP contribution in [-0.4, -0.2) is 67.6 Å². The molecule has 0 bridgehead atoms. The molecule has 1 aromatic heterocycles. The fourth-order valence-electron chi connectivity index (χ4n) is 4.28. The zero-order valence-electron chi connectivity index (χ0n) is 15.7. The van der Waals surface area contributed by atoms with Crippen molar-refractivity contribution < 1.29 is 17.9 Å². The highest BCUT2D eigenvalue weighted by molar-refractivity contribution is 7.89. The molecule has 0 aliphatic carbocycles. The largest absolute Gasteiger partial charge is 0.493 e. The van der Waals surface area contributed by atoms with E-state index >= 15 is 0 Å². The summed E-state index contributed by atoms with van der Waals surface area (Å²) >= 11 is 1.64. The molecular formula is C19H23N3O4S2. The summed E-state index contributed by atoms with van der Waals surface area (Å²) < 4.78 is 39.5. The zero-order chi connectivity index (χ0) is 19.3. The lowest BCUT2D eigenvalue weighted by Crippen LogP contribution is -2.50. The number of aromatic nitrogens is 1. The third-order valence-corrected chi connectivity index (χ3v) is 8.36. The molecule has 0 radical (unpaired) electrons. The molecule has 28 heavy (non-hydrogen) atoms. The van der Waals surface area contributed by atoms with Crippen LogP contribution < -0.4 is 4.74 Å². The first kappa shape index (κ1) is 18.5. The van der Waals surface area contributed by atoms with Crippen LogP contribution >= 0.6 is 11.3 Å². The Labute approximate surface area is 168 Å². The van der Waals surface area contributed by atoms with Gasteiger partial charge >= 0.3 is 0 Å². The fourth-order valence-corrected chi connectivity index (χ4v) is 6.40. The second kappa shape index (κ2) is 7.07. The number of morpholine rings is 1. The van der Waals surface area contributed by atoms with Crippen molar-refractivity contribution in [1.29, 1.82) is 0 Å². The Morgan fingerprint density at radius 3 is 3.00 bits per heavy atom. The van der Waals surface area contributed by atoms with E-state index in [4.69, 9.17) is 9.47 Å². The maximum atomic E-state index is 13.2. The van der Waals surface area contributed by atoms with Crippen LogP contribution in [0.25, 0.3) is 0 Å². The van der Waals surface area contributed by atoms with Gasteiger partial charge in [0.05, 0.1) is 41.0 Å². The van der Waals surface area contributed by atoms with E-state index in [1.807, 2.05) is 6.92 Å². The first-order valence-corrected chi connectivity index (χ1v) is 11.9. The Kier molecular flexibility index (Phi) is 4.67. The van der Waals surface area contributed by atoms with E-state index in [0.717, 1.165) is 41.5 Å². The Morgan fingerprint density at radius 2 is 2.18 bits per heavy atom. The molecule has 3 aliphatic heterocycles. The van der Waals surface area contributed by atoms with Crippen LogP contribution in [0.3, 0.4) is 0 Å². The first-order valence-electron chi connectivity index (χ1n) is 9.53. The van der Waals surface area contributed by atoms with Gasteiger partial charge in [-0.2, -0.15) is 4.31 Å². The Bertz CT molecular complexity index is 991. The van der Waals surface area contributed by atoms with Gasteiger partial charge in [0.2, 0.25) is 10.0 Å². The number of rotatable bonds is 4. The number of aryl methyl sites for hydroxylation is 1. The highest BCUT2D eigenvalue weighted by Crippen LogP contribution is 2.32. The Balaban J connectivity index is 1.36. The monoisotopic (exact) mass is 421 g/mol. The SMILES string of the molecule is Cc1nc(CN2CCO[C@H]3CN(S(=O)(=O)c4ccc5c(c4)CCO5)C[C@@H]32)cs1. The Morgan fingerprint density at radius 1 is 1.29 bits per heavy atom. The zero-order valence-corrected chi connectivity index (χ0v) is 17.3. The van der Waals surface area contributed by atoms with E-state index in [9.17, 15) is 8.42 Å². The molecule has 0 unspecified atom stereocenters. The molecule has 0 spiro atoms. The van der Waals surface area contributed by atoms with Gasteiger partial charge in [-0.05, 0) is 30.7 Å². The van der Waals surface area contributed by atoms with Crippen molar-refractivity contribution in [2.75, 3.05) is 32.8 Å². The predicted molar refractivity (Wildman–Crippen MR) is 105 cm³/mol. The molecule has 4 heterocycles. The summed E-state index contributed by atoms with van der Waals surface area (Å²) in [5.74, 6) is 0.794. The molecule has 2 fully saturated rings. The van der Waals surface area contributed by atoms with E-state index in [2.05, 4.69) is 15.3 Å². The molecule has 3 aliphatic rings. The lowest BCUT2D eigenvalue weighted by atomic mass is 10.1. The second-order valence-corrected chi connectivity index (χ2v) is 10.5. The molecule has 5 rings (SSSR count). The molecule has 0 amide bonds. The maximum Gasteiger partial charge on any atom is 0.243 e. The van der Waals surface area contributed by atoms with Gasteiger partial charge in [0.15, 0.2) is 0 Å². The number of sulfonamides is 1. The van der Waals surface area contributed by atoms with Crippen LogP contribution in [-0.2, 0) is 27.7 Å². The molecule has 0 N–H and O–H groups in total. The molecule has 150 valence electrons. The number of nitrogens with zero attached hydrogens (tertiary/aromatic N) is 3. The molecule has 2 aromatic rings. The van der Waals surface area contributed by atoms with E-state index < -0.39 is 10.0 Å². The normalized spacial score (nSPS) is 25.5. The number of thiazole rings is 1. The summed E-state index contributed by atoms with van der Waals surface area (Å²) in [6.45, 7) is 5.61. The van der Waals surface area contributed by atoms with E-state index in [1.165, 1.54) is 0 Å². The average molecular weight is 422 g/mol. The van der Waals surface area contributed by atoms with Crippen LogP contribution in [0.15, 0.2) is 28.5 Å². The number of ether oxygens (including phenoxy) is 2. The number of hydrogen-bond donors (Lipinski definition) is 0. The molecule has 0 saturated carbocycles. The Hall–Kier alpha value is -1.52. The van der Waals surface area contributed by atoms with Gasteiger partial charge in [0.1, 0.15) is 5.75 Å². The summed E-state index contributed by atoms with van der Waals surface area (Å²) in [6, 6.07) is 5.24. The van der Waals surface area contributed by atoms with Crippen molar-refractivity contribution in [3.05, 3.63) is 39.8 Å². The topological polar surface area (TPSA) is 72.0 Å². The van der Waals surface area contributed by atoms with Crippen LogP contribution in [0, 0.1) is 6.92 Å². The second-order valence-electron chi connectivity index (χ2n) is 7.49. The minimum absolute atomic E-state index is 0.0586. The lowest BCUT2D eigenvalue weighted by Gasteiger charge is -2.36. The van der Waals surface area contributed by atoms with Crippen molar-refractivity contribution in [3.63, 3.8) is 0 Å². The molecule has 7 nitrogen and oxygen atoms in total. The quantitative estimate of drug-likeness (QED) is 0.748. The highest BCUT2D eigenvalue weighted by Gasteiger charge is 2.44. The van der Waals surface area contributed by atoms with Crippen molar-refractivity contribution in [2.24, 2.45) is 0 Å².